The molecule has 7 heteroatoms. The van der Waals surface area contributed by atoms with E-state index in [-0.39, 0.29) is 12.5 Å². The molecule has 1 rings (SSSR count). The summed E-state index contributed by atoms with van der Waals surface area (Å²) in [6.07, 6.45) is -0.655. The lowest BCUT2D eigenvalue weighted by molar-refractivity contribution is -0.125. The van der Waals surface area contributed by atoms with Crippen molar-refractivity contribution in [1.82, 2.24) is 0 Å². The van der Waals surface area contributed by atoms with Gasteiger partial charge in [0.2, 0.25) is 0 Å². The Morgan fingerprint density at radius 2 is 1.94 bits per heavy atom. The predicted octanol–water partition coefficient (Wildman–Crippen LogP) is 2.89. The van der Waals surface area contributed by atoms with Gasteiger partial charge in [-0.3, -0.25) is 4.79 Å². The summed E-state index contributed by atoms with van der Waals surface area (Å²) in [5.74, 6) is -0.279. The Hall–Kier alpha value is 0.0500. The van der Waals surface area contributed by atoms with Crippen molar-refractivity contribution in [3.05, 3.63) is 25.6 Å². The Kier molecular flexibility index (Phi) is 6.08. The minimum absolute atomic E-state index is 0.133. The first kappa shape index (κ1) is 15.1. The van der Waals surface area contributed by atoms with Crippen molar-refractivity contribution in [1.29, 1.82) is 0 Å². The second kappa shape index (κ2) is 6.84. The van der Waals surface area contributed by atoms with Gasteiger partial charge in [-0.15, -0.1) is 0 Å². The highest BCUT2D eigenvalue weighted by Gasteiger charge is 2.18. The number of rotatable bonds is 4. The molecule has 0 aliphatic carbocycles. The number of carbonyl (C=O) groups excluding carboxylic acids is 1. The van der Waals surface area contributed by atoms with E-state index in [1.807, 2.05) is 12.1 Å². The Labute approximate surface area is 125 Å². The quantitative estimate of drug-likeness (QED) is 0.772. The number of hydrogen-bond donors (Lipinski definition) is 2. The maximum atomic E-state index is 11.8. The fraction of sp³-hybridized carbons (Fsp3) is 0.300. The van der Waals surface area contributed by atoms with E-state index in [0.29, 0.717) is 5.69 Å². The molecule has 0 heterocycles. The summed E-state index contributed by atoms with van der Waals surface area (Å²) < 4.78 is 7.39. The lowest BCUT2D eigenvalue weighted by Gasteiger charge is -2.15. The van der Waals surface area contributed by atoms with Crippen LogP contribution in [-0.4, -0.2) is 25.7 Å². The first-order valence-corrected chi connectivity index (χ1v) is 7.05. The van der Waals surface area contributed by atoms with Crippen LogP contribution in [0.3, 0.4) is 0 Å². The summed E-state index contributed by atoms with van der Waals surface area (Å²) >= 11 is 10.1. The van der Waals surface area contributed by atoms with Crippen molar-refractivity contribution >= 4 is 59.4 Å². The van der Waals surface area contributed by atoms with Crippen molar-refractivity contribution in [2.24, 2.45) is 5.73 Å². The van der Waals surface area contributed by atoms with Gasteiger partial charge in [0.1, 0.15) is 6.10 Å². The number of anilines is 1. The smallest absolute Gasteiger partial charge is 0.254 e. The molecular weight excluding hydrogens is 420 g/mol. The lowest BCUT2D eigenvalue weighted by Crippen LogP contribution is -2.36. The third-order valence-electron chi connectivity index (χ3n) is 2.05. The standard InChI is InChI=1S/C10H11Br3N2O2/c1-17-8(4-14)10(16)15-9-6(12)2-5(11)3-7(9)13/h2-3,8H,4,14H2,1H3,(H,15,16). The largest absolute Gasteiger partial charge is 0.370 e. The number of amides is 1. The topological polar surface area (TPSA) is 64.3 Å². The van der Waals surface area contributed by atoms with Gasteiger partial charge in [-0.2, -0.15) is 0 Å². The van der Waals surface area contributed by atoms with Crippen molar-refractivity contribution in [2.75, 3.05) is 19.0 Å². The number of carbonyl (C=O) groups is 1. The van der Waals surface area contributed by atoms with E-state index in [9.17, 15) is 4.79 Å². The van der Waals surface area contributed by atoms with Crippen LogP contribution in [0.2, 0.25) is 0 Å². The molecule has 0 aliphatic heterocycles. The van der Waals surface area contributed by atoms with E-state index in [1.165, 1.54) is 7.11 Å². The fourth-order valence-corrected chi connectivity index (χ4v) is 3.63. The average molecular weight is 431 g/mol. The van der Waals surface area contributed by atoms with Gasteiger partial charge in [0.05, 0.1) is 5.69 Å². The zero-order chi connectivity index (χ0) is 13.0. The van der Waals surface area contributed by atoms with Crippen LogP contribution < -0.4 is 11.1 Å². The maximum absolute atomic E-state index is 11.8. The average Bonchev–Trinajstić information content (AvgIpc) is 2.25. The highest BCUT2D eigenvalue weighted by atomic mass is 79.9. The zero-order valence-corrected chi connectivity index (χ0v) is 13.7. The van der Waals surface area contributed by atoms with E-state index in [4.69, 9.17) is 10.5 Å². The normalized spacial score (nSPS) is 12.3. The van der Waals surface area contributed by atoms with Gasteiger partial charge in [-0.25, -0.2) is 0 Å². The molecule has 0 saturated carbocycles. The fourth-order valence-electron chi connectivity index (χ4n) is 1.18. The molecule has 1 aromatic carbocycles. The van der Waals surface area contributed by atoms with Crippen molar-refractivity contribution in [3.63, 3.8) is 0 Å². The second-order valence-corrected chi connectivity index (χ2v) is 5.82. The molecule has 0 aromatic heterocycles. The summed E-state index contributed by atoms with van der Waals surface area (Å²) in [5.41, 5.74) is 6.07. The summed E-state index contributed by atoms with van der Waals surface area (Å²) in [7, 11) is 1.45. The molecule has 1 amide bonds. The molecule has 0 saturated heterocycles. The molecule has 1 atom stereocenters. The van der Waals surface area contributed by atoms with E-state index in [0.717, 1.165) is 13.4 Å². The van der Waals surface area contributed by atoms with Gasteiger partial charge < -0.3 is 15.8 Å². The van der Waals surface area contributed by atoms with E-state index in [2.05, 4.69) is 53.1 Å². The number of ether oxygens (including phenoxy) is 1. The molecule has 17 heavy (non-hydrogen) atoms. The zero-order valence-electron chi connectivity index (χ0n) is 8.97. The first-order valence-electron chi connectivity index (χ1n) is 4.67. The molecule has 94 valence electrons. The number of benzene rings is 1. The Bertz CT molecular complexity index is 399. The van der Waals surface area contributed by atoms with Gasteiger partial charge in [0, 0.05) is 27.1 Å². The SMILES string of the molecule is COC(CN)C(=O)Nc1c(Br)cc(Br)cc1Br. The monoisotopic (exact) mass is 428 g/mol. The van der Waals surface area contributed by atoms with Crippen LogP contribution in [0, 0.1) is 0 Å². The first-order chi connectivity index (χ1) is 7.99. The molecule has 1 aromatic rings. The third-order valence-corrected chi connectivity index (χ3v) is 3.75. The molecular formula is C10H11Br3N2O2. The molecule has 0 radical (unpaired) electrons. The third kappa shape index (κ3) is 4.03. The molecule has 0 aliphatic rings. The second-order valence-electron chi connectivity index (χ2n) is 3.19. The molecule has 4 nitrogen and oxygen atoms in total. The van der Waals surface area contributed by atoms with Gasteiger partial charge in [0.25, 0.3) is 5.91 Å². The van der Waals surface area contributed by atoms with Crippen LogP contribution in [0.25, 0.3) is 0 Å². The van der Waals surface area contributed by atoms with Crippen molar-refractivity contribution in [2.45, 2.75) is 6.10 Å². The molecule has 0 spiro atoms. The Morgan fingerprint density at radius 1 is 1.41 bits per heavy atom. The molecule has 1 unspecified atom stereocenters. The Balaban J connectivity index is 2.92. The van der Waals surface area contributed by atoms with Crippen LogP contribution in [0.1, 0.15) is 0 Å². The Morgan fingerprint density at radius 3 is 2.35 bits per heavy atom. The van der Waals surface area contributed by atoms with Crippen LogP contribution in [0.5, 0.6) is 0 Å². The van der Waals surface area contributed by atoms with Crippen LogP contribution in [-0.2, 0) is 9.53 Å². The van der Waals surface area contributed by atoms with Gasteiger partial charge >= 0.3 is 0 Å². The highest BCUT2D eigenvalue weighted by molar-refractivity contribution is 9.11. The lowest BCUT2D eigenvalue weighted by atomic mass is 10.3. The predicted molar refractivity (Wildman–Crippen MR) is 78.0 cm³/mol. The van der Waals surface area contributed by atoms with Crippen LogP contribution >= 0.6 is 47.8 Å². The van der Waals surface area contributed by atoms with Gasteiger partial charge in [-0.05, 0) is 44.0 Å². The summed E-state index contributed by atoms with van der Waals surface area (Å²) in [6, 6.07) is 3.68. The number of methoxy groups -OCH3 is 1. The van der Waals surface area contributed by atoms with Crippen molar-refractivity contribution < 1.29 is 9.53 Å². The number of nitrogens with two attached hydrogens (primary N) is 1. The summed E-state index contributed by atoms with van der Waals surface area (Å²) in [4.78, 5) is 11.8. The van der Waals surface area contributed by atoms with E-state index in [1.54, 1.807) is 0 Å². The number of halogens is 3. The minimum atomic E-state index is -0.655. The number of nitrogens with one attached hydrogen (secondary N) is 1. The van der Waals surface area contributed by atoms with Gasteiger partial charge in [0.15, 0.2) is 0 Å². The van der Waals surface area contributed by atoms with Crippen LogP contribution in [0.4, 0.5) is 5.69 Å². The van der Waals surface area contributed by atoms with E-state index >= 15 is 0 Å². The molecule has 3 N–H and O–H groups in total. The van der Waals surface area contributed by atoms with E-state index < -0.39 is 6.10 Å². The summed E-state index contributed by atoms with van der Waals surface area (Å²) in [5, 5.41) is 2.75. The highest BCUT2D eigenvalue weighted by Crippen LogP contribution is 2.34. The summed E-state index contributed by atoms with van der Waals surface area (Å²) in [6.45, 7) is 0.133. The maximum Gasteiger partial charge on any atom is 0.254 e. The minimum Gasteiger partial charge on any atom is -0.370 e. The van der Waals surface area contributed by atoms with Gasteiger partial charge in [-0.1, -0.05) is 15.9 Å². The number of hydrogen-bond acceptors (Lipinski definition) is 3. The van der Waals surface area contributed by atoms with Crippen molar-refractivity contribution in [3.8, 4) is 0 Å². The molecule has 0 bridgehead atoms. The van der Waals surface area contributed by atoms with Crippen LogP contribution in [0.15, 0.2) is 25.6 Å². The molecule has 0 fully saturated rings.